The molecule has 0 bridgehead atoms. The molecular formula is C38H48ClN3O4. The van der Waals surface area contributed by atoms with Gasteiger partial charge in [0.15, 0.2) is 11.5 Å². The summed E-state index contributed by atoms with van der Waals surface area (Å²) in [7, 11) is 3.77. The SMILES string of the molecule is CCC(C)Oc1cc2c(cc1OC)CC(=O)N(c1ccc(N(C)CC3CCC(NC(=O)C(C)C)CC3)cc1)C2c1ccc(Cl)cc1. The van der Waals surface area contributed by atoms with Gasteiger partial charge in [-0.1, -0.05) is 44.5 Å². The van der Waals surface area contributed by atoms with Crippen LogP contribution in [0.2, 0.25) is 5.02 Å². The highest BCUT2D eigenvalue weighted by Crippen LogP contribution is 2.44. The third kappa shape index (κ3) is 7.63. The van der Waals surface area contributed by atoms with Crippen molar-refractivity contribution in [2.24, 2.45) is 11.8 Å². The van der Waals surface area contributed by atoms with Gasteiger partial charge in [0.25, 0.3) is 0 Å². The van der Waals surface area contributed by atoms with Gasteiger partial charge in [0, 0.05) is 41.9 Å². The molecule has 1 aliphatic heterocycles. The van der Waals surface area contributed by atoms with Crippen LogP contribution >= 0.6 is 11.6 Å². The van der Waals surface area contributed by atoms with Crippen LogP contribution in [-0.2, 0) is 16.0 Å². The third-order valence-electron chi connectivity index (χ3n) is 9.50. The highest BCUT2D eigenvalue weighted by Gasteiger charge is 2.36. The summed E-state index contributed by atoms with van der Waals surface area (Å²) in [5, 5.41) is 3.85. The lowest BCUT2D eigenvalue weighted by molar-refractivity contribution is -0.125. The van der Waals surface area contributed by atoms with Crippen LogP contribution in [-0.4, -0.2) is 44.7 Å². The maximum Gasteiger partial charge on any atom is 0.232 e. The summed E-state index contributed by atoms with van der Waals surface area (Å²) in [6.07, 6.45) is 5.40. The zero-order valence-electron chi connectivity index (χ0n) is 28.0. The van der Waals surface area contributed by atoms with Crippen molar-refractivity contribution >= 4 is 34.8 Å². The molecule has 0 saturated heterocycles. The van der Waals surface area contributed by atoms with Gasteiger partial charge in [-0.05, 0) is 110 Å². The van der Waals surface area contributed by atoms with E-state index < -0.39 is 0 Å². The van der Waals surface area contributed by atoms with Crippen LogP contribution in [0.4, 0.5) is 11.4 Å². The Kier molecular flexibility index (Phi) is 10.8. The Morgan fingerprint density at radius 2 is 1.67 bits per heavy atom. The number of hydrogen-bond acceptors (Lipinski definition) is 5. The molecule has 46 heavy (non-hydrogen) atoms. The van der Waals surface area contributed by atoms with Crippen molar-refractivity contribution in [2.45, 2.75) is 84.4 Å². The van der Waals surface area contributed by atoms with Gasteiger partial charge < -0.3 is 24.6 Å². The fourth-order valence-corrected chi connectivity index (χ4v) is 6.72. The number of ether oxygens (including phenoxy) is 2. The number of benzene rings is 3. The van der Waals surface area contributed by atoms with Crippen LogP contribution < -0.4 is 24.6 Å². The lowest BCUT2D eigenvalue weighted by Crippen LogP contribution is -2.41. The molecule has 8 heteroatoms. The van der Waals surface area contributed by atoms with Crippen LogP contribution in [0.5, 0.6) is 11.5 Å². The second-order valence-corrected chi connectivity index (χ2v) is 13.6. The van der Waals surface area contributed by atoms with Gasteiger partial charge in [0.2, 0.25) is 11.8 Å². The number of nitrogens with zero attached hydrogens (tertiary/aromatic N) is 2. The summed E-state index contributed by atoms with van der Waals surface area (Å²) in [5.74, 6) is 2.08. The topological polar surface area (TPSA) is 71.1 Å². The number of fused-ring (bicyclic) bond motifs is 1. The first-order valence-electron chi connectivity index (χ1n) is 16.6. The number of anilines is 2. The number of rotatable bonds is 11. The van der Waals surface area contributed by atoms with Gasteiger partial charge in [0.05, 0.1) is 25.7 Å². The molecule has 2 atom stereocenters. The maximum absolute atomic E-state index is 13.9. The summed E-state index contributed by atoms with van der Waals surface area (Å²) in [5.41, 5.74) is 4.88. The Morgan fingerprint density at radius 3 is 2.28 bits per heavy atom. The summed E-state index contributed by atoms with van der Waals surface area (Å²) in [4.78, 5) is 30.2. The zero-order chi connectivity index (χ0) is 33.0. The van der Waals surface area contributed by atoms with E-state index in [1.807, 2.05) is 62.1 Å². The first-order valence-corrected chi connectivity index (χ1v) is 17.0. The quantitative estimate of drug-likeness (QED) is 0.229. The van der Waals surface area contributed by atoms with Crippen molar-refractivity contribution in [2.75, 3.05) is 30.5 Å². The predicted octanol–water partition coefficient (Wildman–Crippen LogP) is 7.97. The second-order valence-electron chi connectivity index (χ2n) is 13.2. The van der Waals surface area contributed by atoms with E-state index in [0.717, 1.165) is 66.7 Å². The lowest BCUT2D eigenvalue weighted by atomic mass is 9.85. The van der Waals surface area contributed by atoms with Crippen molar-refractivity contribution in [1.82, 2.24) is 5.32 Å². The highest BCUT2D eigenvalue weighted by atomic mass is 35.5. The lowest BCUT2D eigenvalue weighted by Gasteiger charge is -2.38. The number of methoxy groups -OCH3 is 1. The van der Waals surface area contributed by atoms with E-state index in [9.17, 15) is 9.59 Å². The van der Waals surface area contributed by atoms with Crippen molar-refractivity contribution in [1.29, 1.82) is 0 Å². The number of hydrogen-bond donors (Lipinski definition) is 1. The van der Waals surface area contributed by atoms with Gasteiger partial charge in [0.1, 0.15) is 0 Å². The number of carbonyl (C=O) groups excluding carboxylic acids is 2. The monoisotopic (exact) mass is 645 g/mol. The van der Waals surface area contributed by atoms with Crippen molar-refractivity contribution in [3.63, 3.8) is 0 Å². The molecule has 7 nitrogen and oxygen atoms in total. The fraction of sp³-hybridized carbons (Fsp3) is 0.474. The highest BCUT2D eigenvalue weighted by molar-refractivity contribution is 6.30. The number of halogens is 1. The van der Waals surface area contributed by atoms with Crippen molar-refractivity contribution in [3.8, 4) is 11.5 Å². The summed E-state index contributed by atoms with van der Waals surface area (Å²) < 4.78 is 12.0. The van der Waals surface area contributed by atoms with E-state index in [1.165, 1.54) is 0 Å². The molecule has 1 saturated carbocycles. The van der Waals surface area contributed by atoms with Gasteiger partial charge in [-0.3, -0.25) is 9.59 Å². The molecule has 1 aliphatic carbocycles. The summed E-state index contributed by atoms with van der Waals surface area (Å²) in [6.45, 7) is 8.97. The van der Waals surface area contributed by atoms with Crippen LogP contribution in [0.1, 0.15) is 82.5 Å². The number of amides is 2. The Balaban J connectivity index is 1.38. The van der Waals surface area contributed by atoms with E-state index in [2.05, 4.69) is 48.5 Å². The Morgan fingerprint density at radius 1 is 1.00 bits per heavy atom. The molecule has 246 valence electrons. The molecule has 1 fully saturated rings. The zero-order valence-corrected chi connectivity index (χ0v) is 28.8. The normalized spacial score (nSPS) is 20.2. The standard InChI is InChI=1S/C38H48ClN3O4/c1-7-25(4)46-35-22-33-28(20-34(35)45-6)21-36(43)42(37(33)27-10-12-29(39)13-11-27)32-18-16-31(17-19-32)41(5)23-26-8-14-30(15-9-26)40-38(44)24(2)3/h10-13,16-20,22,24-26,30,37H,7-9,14-15,21,23H2,1-6H3,(H,40,44). The van der Waals surface area contributed by atoms with Crippen LogP contribution in [0.25, 0.3) is 0 Å². The minimum absolute atomic E-state index is 0.0209. The molecule has 1 N–H and O–H groups in total. The average Bonchev–Trinajstić information content (AvgIpc) is 3.05. The Hall–Kier alpha value is -3.71. The van der Waals surface area contributed by atoms with Crippen LogP contribution in [0, 0.1) is 11.8 Å². The number of nitrogens with one attached hydrogen (secondary N) is 1. The van der Waals surface area contributed by atoms with E-state index in [1.54, 1.807) is 7.11 Å². The second kappa shape index (κ2) is 14.8. The maximum atomic E-state index is 13.9. The van der Waals surface area contributed by atoms with Crippen LogP contribution in [0.3, 0.4) is 0 Å². The third-order valence-corrected chi connectivity index (χ3v) is 9.75. The van der Waals surface area contributed by atoms with Crippen LogP contribution in [0.15, 0.2) is 60.7 Å². The first kappa shape index (κ1) is 33.6. The summed E-state index contributed by atoms with van der Waals surface area (Å²) >= 11 is 6.29. The van der Waals surface area contributed by atoms with Gasteiger partial charge in [-0.25, -0.2) is 0 Å². The smallest absolute Gasteiger partial charge is 0.232 e. The van der Waals surface area contributed by atoms with Gasteiger partial charge >= 0.3 is 0 Å². The van der Waals surface area contributed by atoms with Gasteiger partial charge in [-0.15, -0.1) is 0 Å². The number of carbonyl (C=O) groups is 2. The molecule has 5 rings (SSSR count). The molecular weight excluding hydrogens is 598 g/mol. The molecule has 2 aliphatic rings. The Labute approximate surface area is 279 Å². The molecule has 2 amide bonds. The van der Waals surface area contributed by atoms with E-state index >= 15 is 0 Å². The van der Waals surface area contributed by atoms with E-state index in [-0.39, 0.29) is 42.3 Å². The van der Waals surface area contributed by atoms with Gasteiger partial charge in [-0.2, -0.15) is 0 Å². The molecule has 1 heterocycles. The molecule has 3 aromatic rings. The minimum Gasteiger partial charge on any atom is -0.493 e. The molecule has 0 radical (unpaired) electrons. The average molecular weight is 646 g/mol. The molecule has 3 aromatic carbocycles. The molecule has 0 spiro atoms. The van der Waals surface area contributed by atoms with Crippen molar-refractivity contribution in [3.05, 3.63) is 82.4 Å². The first-order chi connectivity index (χ1) is 22.1. The predicted molar refractivity (Wildman–Crippen MR) is 186 cm³/mol. The Bertz CT molecular complexity index is 1500. The molecule has 2 unspecified atom stereocenters. The van der Waals surface area contributed by atoms with E-state index in [0.29, 0.717) is 22.4 Å². The molecule has 0 aromatic heterocycles. The van der Waals surface area contributed by atoms with Crippen molar-refractivity contribution < 1.29 is 19.1 Å². The minimum atomic E-state index is -0.353. The fourth-order valence-electron chi connectivity index (χ4n) is 6.59. The summed E-state index contributed by atoms with van der Waals surface area (Å²) in [6, 6.07) is 20.0. The van der Waals surface area contributed by atoms with E-state index in [4.69, 9.17) is 21.1 Å². The largest absolute Gasteiger partial charge is 0.493 e.